The van der Waals surface area contributed by atoms with E-state index in [-0.39, 0.29) is 11.7 Å². The maximum absolute atomic E-state index is 12.7. The number of carbonyl (C=O) groups excluding carboxylic acids is 1. The van der Waals surface area contributed by atoms with E-state index >= 15 is 0 Å². The second-order valence-corrected chi connectivity index (χ2v) is 9.71. The summed E-state index contributed by atoms with van der Waals surface area (Å²) in [5, 5.41) is 2.91. The molecule has 0 saturated carbocycles. The number of anilines is 3. The average molecular weight is 414 g/mol. The highest BCUT2D eigenvalue weighted by Gasteiger charge is 2.26. The van der Waals surface area contributed by atoms with Crippen LogP contribution in [0.3, 0.4) is 0 Å². The Hall–Kier alpha value is -2.54. The van der Waals surface area contributed by atoms with E-state index < -0.39 is 10.0 Å². The number of nitrogens with one attached hydrogen (secondary N) is 1. The average Bonchev–Trinajstić information content (AvgIpc) is 2.75. The van der Waals surface area contributed by atoms with Crippen molar-refractivity contribution >= 4 is 33.0 Å². The number of carbonyl (C=O) groups is 1. The molecule has 0 aliphatic carbocycles. The number of hydrogen-bond donors (Lipinski definition) is 1. The van der Waals surface area contributed by atoms with E-state index in [1.54, 1.807) is 24.3 Å². The molecule has 2 saturated heterocycles. The summed E-state index contributed by atoms with van der Waals surface area (Å²) in [6, 6.07) is 14.7. The Bertz CT molecular complexity index is 967. The van der Waals surface area contributed by atoms with E-state index in [1.165, 1.54) is 29.3 Å². The third kappa shape index (κ3) is 4.56. The highest BCUT2D eigenvalue weighted by molar-refractivity contribution is 7.92. The van der Waals surface area contributed by atoms with Crippen LogP contribution in [0, 0.1) is 0 Å². The summed E-state index contributed by atoms with van der Waals surface area (Å²) < 4.78 is 26.1. The molecule has 4 rings (SSSR count). The standard InChI is InChI=1S/C22H27N3O3S/c26-22(23-19-9-11-20(12-10-19)24-13-2-1-3-14-24)18-7-6-8-21(17-18)25-15-4-5-16-29(25,27)28/h6-12,17H,1-5,13-16H2,(H,23,26). The normalized spacial score (nSPS) is 19.0. The largest absolute Gasteiger partial charge is 0.372 e. The Balaban J connectivity index is 1.46. The van der Waals surface area contributed by atoms with E-state index in [0.29, 0.717) is 24.2 Å². The first-order valence-corrected chi connectivity index (χ1v) is 11.9. The number of amides is 1. The summed E-state index contributed by atoms with van der Waals surface area (Å²) in [4.78, 5) is 15.1. The van der Waals surface area contributed by atoms with Gasteiger partial charge in [0.1, 0.15) is 0 Å². The molecule has 0 radical (unpaired) electrons. The van der Waals surface area contributed by atoms with Crippen molar-refractivity contribution in [3.05, 3.63) is 54.1 Å². The lowest BCUT2D eigenvalue weighted by atomic mass is 10.1. The van der Waals surface area contributed by atoms with Crippen molar-refractivity contribution in [1.82, 2.24) is 0 Å². The van der Waals surface area contributed by atoms with E-state index in [2.05, 4.69) is 10.2 Å². The van der Waals surface area contributed by atoms with Gasteiger partial charge in [-0.1, -0.05) is 6.07 Å². The molecule has 2 heterocycles. The first-order chi connectivity index (χ1) is 14.0. The molecule has 2 fully saturated rings. The second kappa shape index (κ2) is 8.45. The van der Waals surface area contributed by atoms with Crippen molar-refractivity contribution in [3.8, 4) is 0 Å². The van der Waals surface area contributed by atoms with Gasteiger partial charge in [0.05, 0.1) is 11.4 Å². The molecule has 0 aromatic heterocycles. The lowest BCUT2D eigenvalue weighted by molar-refractivity contribution is 0.102. The van der Waals surface area contributed by atoms with Crippen LogP contribution in [0.2, 0.25) is 0 Å². The molecule has 2 aliphatic rings. The van der Waals surface area contributed by atoms with Crippen LogP contribution in [0.25, 0.3) is 0 Å². The Labute approximate surface area is 172 Å². The summed E-state index contributed by atoms with van der Waals surface area (Å²) in [6.07, 6.45) is 5.26. The lowest BCUT2D eigenvalue weighted by Crippen LogP contribution is -2.37. The van der Waals surface area contributed by atoms with E-state index in [1.807, 2.05) is 24.3 Å². The first-order valence-electron chi connectivity index (χ1n) is 10.3. The molecule has 154 valence electrons. The van der Waals surface area contributed by atoms with Crippen LogP contribution in [0.15, 0.2) is 48.5 Å². The first kappa shape index (κ1) is 19.8. The van der Waals surface area contributed by atoms with Gasteiger partial charge in [-0.25, -0.2) is 8.42 Å². The Kier molecular flexibility index (Phi) is 5.76. The minimum atomic E-state index is -3.30. The van der Waals surface area contributed by atoms with E-state index in [4.69, 9.17) is 0 Å². The van der Waals surface area contributed by atoms with Crippen LogP contribution in [-0.4, -0.2) is 39.7 Å². The number of nitrogens with zero attached hydrogens (tertiary/aromatic N) is 2. The fraction of sp³-hybridized carbons (Fsp3) is 0.409. The quantitative estimate of drug-likeness (QED) is 0.826. The van der Waals surface area contributed by atoms with Gasteiger partial charge in [0, 0.05) is 36.6 Å². The van der Waals surface area contributed by atoms with E-state index in [9.17, 15) is 13.2 Å². The summed E-state index contributed by atoms with van der Waals surface area (Å²) >= 11 is 0. The van der Waals surface area contributed by atoms with Crippen molar-refractivity contribution in [2.45, 2.75) is 32.1 Å². The molecule has 1 amide bonds. The van der Waals surface area contributed by atoms with Crippen molar-refractivity contribution in [2.24, 2.45) is 0 Å². The Morgan fingerprint density at radius 2 is 1.55 bits per heavy atom. The van der Waals surface area contributed by atoms with Crippen molar-refractivity contribution < 1.29 is 13.2 Å². The van der Waals surface area contributed by atoms with Crippen LogP contribution in [0.4, 0.5) is 17.1 Å². The summed E-state index contributed by atoms with van der Waals surface area (Å²) in [7, 11) is -3.30. The number of rotatable bonds is 4. The third-order valence-electron chi connectivity index (χ3n) is 5.59. The second-order valence-electron chi connectivity index (χ2n) is 7.69. The number of sulfonamides is 1. The molecule has 0 unspecified atom stereocenters. The molecule has 2 aromatic rings. The van der Waals surface area contributed by atoms with Crippen molar-refractivity contribution in [1.29, 1.82) is 0 Å². The van der Waals surface area contributed by atoms with Crippen LogP contribution >= 0.6 is 0 Å². The maximum atomic E-state index is 12.7. The minimum Gasteiger partial charge on any atom is -0.372 e. The lowest BCUT2D eigenvalue weighted by Gasteiger charge is -2.29. The molecular weight excluding hydrogens is 386 g/mol. The molecule has 0 spiro atoms. The zero-order chi connectivity index (χ0) is 20.3. The summed E-state index contributed by atoms with van der Waals surface area (Å²) in [6.45, 7) is 2.63. The predicted octanol–water partition coefficient (Wildman–Crippen LogP) is 3.86. The Morgan fingerprint density at radius 1 is 0.828 bits per heavy atom. The Morgan fingerprint density at radius 3 is 2.28 bits per heavy atom. The van der Waals surface area contributed by atoms with Gasteiger partial charge in [0.2, 0.25) is 10.0 Å². The highest BCUT2D eigenvalue weighted by atomic mass is 32.2. The zero-order valence-corrected chi connectivity index (χ0v) is 17.3. The van der Waals surface area contributed by atoms with Gasteiger partial charge in [-0.2, -0.15) is 0 Å². The summed E-state index contributed by atoms with van der Waals surface area (Å²) in [5.74, 6) is -0.0840. The van der Waals surface area contributed by atoms with Gasteiger partial charge < -0.3 is 10.2 Å². The molecule has 7 heteroatoms. The van der Waals surface area contributed by atoms with Gasteiger partial charge in [0.15, 0.2) is 0 Å². The zero-order valence-electron chi connectivity index (χ0n) is 16.5. The fourth-order valence-corrected chi connectivity index (χ4v) is 5.62. The van der Waals surface area contributed by atoms with Gasteiger partial charge in [-0.15, -0.1) is 0 Å². The highest BCUT2D eigenvalue weighted by Crippen LogP contribution is 2.25. The minimum absolute atomic E-state index is 0.160. The maximum Gasteiger partial charge on any atom is 0.255 e. The molecule has 1 N–H and O–H groups in total. The summed E-state index contributed by atoms with van der Waals surface area (Å²) in [5.41, 5.74) is 2.91. The number of hydrogen-bond acceptors (Lipinski definition) is 4. The number of benzene rings is 2. The van der Waals surface area contributed by atoms with Gasteiger partial charge in [-0.3, -0.25) is 9.10 Å². The number of piperidine rings is 1. The van der Waals surface area contributed by atoms with Gasteiger partial charge >= 0.3 is 0 Å². The van der Waals surface area contributed by atoms with Gasteiger partial charge in [0.25, 0.3) is 5.91 Å². The van der Waals surface area contributed by atoms with Gasteiger partial charge in [-0.05, 0) is 74.6 Å². The molecule has 6 nitrogen and oxygen atoms in total. The topological polar surface area (TPSA) is 69.7 Å². The molecule has 0 bridgehead atoms. The molecule has 29 heavy (non-hydrogen) atoms. The third-order valence-corrected chi connectivity index (χ3v) is 7.46. The van der Waals surface area contributed by atoms with Crippen LogP contribution < -0.4 is 14.5 Å². The van der Waals surface area contributed by atoms with Crippen LogP contribution in [0.5, 0.6) is 0 Å². The fourth-order valence-electron chi connectivity index (χ4n) is 3.99. The smallest absolute Gasteiger partial charge is 0.255 e. The monoisotopic (exact) mass is 413 g/mol. The van der Waals surface area contributed by atoms with Crippen molar-refractivity contribution in [3.63, 3.8) is 0 Å². The molecule has 0 atom stereocenters. The predicted molar refractivity (Wildman–Crippen MR) is 117 cm³/mol. The molecular formula is C22H27N3O3S. The van der Waals surface area contributed by atoms with Crippen molar-refractivity contribution in [2.75, 3.05) is 39.9 Å². The van der Waals surface area contributed by atoms with E-state index in [0.717, 1.165) is 25.2 Å². The van der Waals surface area contributed by atoms with Crippen LogP contribution in [0.1, 0.15) is 42.5 Å². The van der Waals surface area contributed by atoms with Crippen LogP contribution in [-0.2, 0) is 10.0 Å². The SMILES string of the molecule is O=C(Nc1ccc(N2CCCCC2)cc1)c1cccc(N2CCCCS2(=O)=O)c1. The molecule has 2 aliphatic heterocycles. The molecule has 2 aromatic carbocycles.